The average Bonchev–Trinajstić information content (AvgIpc) is 3.43. The molecular formula is C19H18BrN3O2S. The molecule has 7 heteroatoms. The second-order valence-electron chi connectivity index (χ2n) is 6.16. The molecule has 0 heterocycles. The first kappa shape index (κ1) is 18.5. The maximum atomic E-state index is 12.3. The quantitative estimate of drug-likeness (QED) is 0.633. The smallest absolute Gasteiger partial charge is 0.257 e. The zero-order chi connectivity index (χ0) is 18.7. The Bertz CT molecular complexity index is 881. The van der Waals surface area contributed by atoms with Crippen molar-refractivity contribution >= 4 is 56.4 Å². The van der Waals surface area contributed by atoms with Gasteiger partial charge in [-0.25, -0.2) is 0 Å². The van der Waals surface area contributed by atoms with Crippen molar-refractivity contribution in [3.63, 3.8) is 0 Å². The summed E-state index contributed by atoms with van der Waals surface area (Å²) in [6, 6.07) is 12.6. The monoisotopic (exact) mass is 431 g/mol. The van der Waals surface area contributed by atoms with Crippen molar-refractivity contribution < 1.29 is 9.59 Å². The number of hydrogen-bond donors (Lipinski definition) is 3. The van der Waals surface area contributed by atoms with Crippen LogP contribution in [0.5, 0.6) is 0 Å². The predicted octanol–water partition coefficient (Wildman–Crippen LogP) is 4.23. The highest BCUT2D eigenvalue weighted by atomic mass is 79.9. The van der Waals surface area contributed by atoms with Gasteiger partial charge in [0.1, 0.15) is 0 Å². The van der Waals surface area contributed by atoms with Crippen LogP contribution in [0.2, 0.25) is 0 Å². The summed E-state index contributed by atoms with van der Waals surface area (Å²) in [6.45, 7) is 1.89. The van der Waals surface area contributed by atoms with Crippen molar-refractivity contribution in [1.82, 2.24) is 5.32 Å². The third-order valence-electron chi connectivity index (χ3n) is 4.10. The Hall–Kier alpha value is -2.25. The zero-order valence-corrected chi connectivity index (χ0v) is 16.5. The SMILES string of the molecule is Cc1c(NC(=O)C2CC2)cccc1NC(=S)NC(=O)c1cccc(Br)c1. The Kier molecular flexibility index (Phi) is 5.68. The minimum atomic E-state index is -0.292. The van der Waals surface area contributed by atoms with Gasteiger partial charge in [0.2, 0.25) is 5.91 Å². The summed E-state index contributed by atoms with van der Waals surface area (Å²) in [6.07, 6.45) is 1.91. The number of hydrogen-bond acceptors (Lipinski definition) is 3. The van der Waals surface area contributed by atoms with E-state index >= 15 is 0 Å². The molecule has 2 aromatic rings. The van der Waals surface area contributed by atoms with Gasteiger partial charge in [-0.15, -0.1) is 0 Å². The molecular weight excluding hydrogens is 414 g/mol. The summed E-state index contributed by atoms with van der Waals surface area (Å²) in [4.78, 5) is 24.2. The molecule has 0 bridgehead atoms. The summed E-state index contributed by atoms with van der Waals surface area (Å²) in [5.41, 5.74) is 2.84. The largest absolute Gasteiger partial charge is 0.332 e. The van der Waals surface area contributed by atoms with Crippen LogP contribution in [-0.2, 0) is 4.79 Å². The highest BCUT2D eigenvalue weighted by molar-refractivity contribution is 9.10. The lowest BCUT2D eigenvalue weighted by Gasteiger charge is -2.15. The van der Waals surface area contributed by atoms with Gasteiger partial charge in [0, 0.05) is 27.3 Å². The van der Waals surface area contributed by atoms with Crippen LogP contribution in [0.3, 0.4) is 0 Å². The van der Waals surface area contributed by atoms with Gasteiger partial charge in [-0.1, -0.05) is 28.1 Å². The Balaban J connectivity index is 1.65. The molecule has 0 radical (unpaired) electrons. The van der Waals surface area contributed by atoms with Crippen LogP contribution in [-0.4, -0.2) is 16.9 Å². The molecule has 3 rings (SSSR count). The van der Waals surface area contributed by atoms with Gasteiger partial charge in [0.05, 0.1) is 0 Å². The van der Waals surface area contributed by atoms with Crippen molar-refractivity contribution in [1.29, 1.82) is 0 Å². The third kappa shape index (κ3) is 4.68. The minimum Gasteiger partial charge on any atom is -0.332 e. The highest BCUT2D eigenvalue weighted by Gasteiger charge is 2.29. The van der Waals surface area contributed by atoms with Crippen LogP contribution in [0.4, 0.5) is 11.4 Å². The number of carbonyl (C=O) groups is 2. The minimum absolute atomic E-state index is 0.0517. The van der Waals surface area contributed by atoms with Crippen molar-refractivity contribution in [2.45, 2.75) is 19.8 Å². The van der Waals surface area contributed by atoms with E-state index in [4.69, 9.17) is 12.2 Å². The van der Waals surface area contributed by atoms with E-state index < -0.39 is 0 Å². The lowest BCUT2D eigenvalue weighted by Crippen LogP contribution is -2.34. The highest BCUT2D eigenvalue weighted by Crippen LogP contribution is 2.31. The number of rotatable bonds is 4. The molecule has 134 valence electrons. The Morgan fingerprint density at radius 1 is 1.08 bits per heavy atom. The fourth-order valence-electron chi connectivity index (χ4n) is 2.45. The van der Waals surface area contributed by atoms with Crippen molar-refractivity contribution in [3.05, 3.63) is 58.1 Å². The molecule has 2 amide bonds. The number of halogens is 1. The Morgan fingerprint density at radius 2 is 1.73 bits per heavy atom. The zero-order valence-electron chi connectivity index (χ0n) is 14.1. The molecule has 26 heavy (non-hydrogen) atoms. The molecule has 0 spiro atoms. The summed E-state index contributed by atoms with van der Waals surface area (Å²) >= 11 is 8.58. The van der Waals surface area contributed by atoms with Crippen LogP contribution in [0.25, 0.3) is 0 Å². The van der Waals surface area contributed by atoms with Gasteiger partial charge in [0.25, 0.3) is 5.91 Å². The fraction of sp³-hybridized carbons (Fsp3) is 0.211. The summed E-state index contributed by atoms with van der Waals surface area (Å²) in [5, 5.41) is 8.82. The topological polar surface area (TPSA) is 70.2 Å². The van der Waals surface area contributed by atoms with E-state index in [9.17, 15) is 9.59 Å². The first-order chi connectivity index (χ1) is 12.4. The second-order valence-corrected chi connectivity index (χ2v) is 7.48. The number of amides is 2. The Morgan fingerprint density at radius 3 is 2.38 bits per heavy atom. The van der Waals surface area contributed by atoms with E-state index in [0.717, 1.165) is 34.3 Å². The van der Waals surface area contributed by atoms with Crippen LogP contribution in [0, 0.1) is 12.8 Å². The lowest BCUT2D eigenvalue weighted by molar-refractivity contribution is -0.117. The molecule has 2 aromatic carbocycles. The van der Waals surface area contributed by atoms with Gasteiger partial charge in [-0.05, 0) is 67.9 Å². The van der Waals surface area contributed by atoms with Crippen molar-refractivity contribution in [2.75, 3.05) is 10.6 Å². The number of nitrogens with one attached hydrogen (secondary N) is 3. The van der Waals surface area contributed by atoms with Gasteiger partial charge in [-0.3, -0.25) is 14.9 Å². The maximum absolute atomic E-state index is 12.3. The van der Waals surface area contributed by atoms with Gasteiger partial charge < -0.3 is 10.6 Å². The van der Waals surface area contributed by atoms with Gasteiger partial charge >= 0.3 is 0 Å². The summed E-state index contributed by atoms with van der Waals surface area (Å²) in [7, 11) is 0. The third-order valence-corrected chi connectivity index (χ3v) is 4.80. The predicted molar refractivity (Wildman–Crippen MR) is 110 cm³/mol. The van der Waals surface area contributed by atoms with Crippen LogP contribution in [0.15, 0.2) is 46.9 Å². The van der Waals surface area contributed by atoms with Crippen LogP contribution in [0.1, 0.15) is 28.8 Å². The number of anilines is 2. The molecule has 1 aliphatic carbocycles. The number of thiocarbonyl (C=S) groups is 1. The van der Waals surface area contributed by atoms with Crippen molar-refractivity contribution in [2.24, 2.45) is 5.92 Å². The van der Waals surface area contributed by atoms with Crippen molar-refractivity contribution in [3.8, 4) is 0 Å². The molecule has 3 N–H and O–H groups in total. The van der Waals surface area contributed by atoms with E-state index in [2.05, 4.69) is 31.9 Å². The average molecular weight is 432 g/mol. The molecule has 0 aromatic heterocycles. The van der Waals surface area contributed by atoms with E-state index in [1.165, 1.54) is 0 Å². The molecule has 5 nitrogen and oxygen atoms in total. The molecule has 0 saturated heterocycles. The normalized spacial score (nSPS) is 13.0. The van der Waals surface area contributed by atoms with E-state index in [1.54, 1.807) is 18.2 Å². The number of benzene rings is 2. The van der Waals surface area contributed by atoms with Crippen LogP contribution >= 0.6 is 28.1 Å². The van der Waals surface area contributed by atoms with E-state index in [1.807, 2.05) is 31.2 Å². The second kappa shape index (κ2) is 7.97. The van der Waals surface area contributed by atoms with E-state index in [-0.39, 0.29) is 22.8 Å². The molecule has 1 fully saturated rings. The first-order valence-electron chi connectivity index (χ1n) is 8.22. The Labute approximate surface area is 165 Å². The molecule has 0 unspecified atom stereocenters. The van der Waals surface area contributed by atoms with Crippen LogP contribution < -0.4 is 16.0 Å². The standard InChI is InChI=1S/C19H18BrN3O2S/c1-11-15(21-17(24)12-8-9-12)6-3-7-16(11)22-19(26)23-18(25)13-4-2-5-14(20)10-13/h2-7,10,12H,8-9H2,1H3,(H,21,24)(H2,22,23,25,26). The molecule has 0 aliphatic heterocycles. The number of carbonyl (C=O) groups excluding carboxylic acids is 2. The molecule has 1 aliphatic rings. The van der Waals surface area contributed by atoms with Gasteiger partial charge in [-0.2, -0.15) is 0 Å². The first-order valence-corrected chi connectivity index (χ1v) is 9.42. The van der Waals surface area contributed by atoms with E-state index in [0.29, 0.717) is 5.56 Å². The molecule has 0 atom stereocenters. The van der Waals surface area contributed by atoms with Gasteiger partial charge in [0.15, 0.2) is 5.11 Å². The summed E-state index contributed by atoms with van der Waals surface area (Å²) in [5.74, 6) is -0.105. The summed E-state index contributed by atoms with van der Waals surface area (Å²) < 4.78 is 0.818. The lowest BCUT2D eigenvalue weighted by atomic mass is 10.1. The maximum Gasteiger partial charge on any atom is 0.257 e. The fourth-order valence-corrected chi connectivity index (χ4v) is 3.05. The molecule has 1 saturated carbocycles.